The number of hydrogen-bond donors (Lipinski definition) is 0. The second-order valence-electron chi connectivity index (χ2n) is 3.84. The van der Waals surface area contributed by atoms with Gasteiger partial charge in [-0.05, 0) is 6.07 Å². The zero-order valence-corrected chi connectivity index (χ0v) is 10.9. The molecular formula is C12H10FN3O5. The van der Waals surface area contributed by atoms with Crippen LogP contribution in [0.3, 0.4) is 0 Å². The third-order valence-electron chi connectivity index (χ3n) is 2.55. The number of nitrogens with zero attached hydrogens (tertiary/aromatic N) is 3. The molecule has 0 radical (unpaired) electrons. The normalized spacial score (nSPS) is 10.2. The molecule has 1 heterocycles. The summed E-state index contributed by atoms with van der Waals surface area (Å²) in [6.07, 6.45) is 2.85. The van der Waals surface area contributed by atoms with E-state index < -0.39 is 29.0 Å². The Kier molecular flexibility index (Phi) is 4.12. The first-order chi connectivity index (χ1) is 10.0. The monoisotopic (exact) mass is 295 g/mol. The molecule has 2 rings (SSSR count). The first-order valence-corrected chi connectivity index (χ1v) is 5.70. The van der Waals surface area contributed by atoms with Crippen molar-refractivity contribution in [3.63, 3.8) is 0 Å². The fraction of sp³-hybridized carbons (Fsp3) is 0.167. The zero-order chi connectivity index (χ0) is 15.4. The van der Waals surface area contributed by atoms with Crippen molar-refractivity contribution in [2.75, 3.05) is 13.7 Å². The van der Waals surface area contributed by atoms with Crippen molar-refractivity contribution in [2.45, 2.75) is 0 Å². The predicted octanol–water partition coefficient (Wildman–Crippen LogP) is 1.47. The van der Waals surface area contributed by atoms with E-state index in [9.17, 15) is 19.3 Å². The molecule has 0 bridgehead atoms. The van der Waals surface area contributed by atoms with E-state index in [-0.39, 0.29) is 11.4 Å². The summed E-state index contributed by atoms with van der Waals surface area (Å²) in [5.74, 6) is -1.87. The molecule has 0 aliphatic rings. The molecule has 0 aliphatic carbocycles. The highest BCUT2D eigenvalue weighted by Gasteiger charge is 2.21. The summed E-state index contributed by atoms with van der Waals surface area (Å²) in [5.41, 5.74) is -0.581. The molecule has 0 fully saturated rings. The lowest BCUT2D eigenvalue weighted by atomic mass is 10.2. The molecule has 0 amide bonds. The van der Waals surface area contributed by atoms with Crippen LogP contribution in [0.15, 0.2) is 30.6 Å². The van der Waals surface area contributed by atoms with Crippen molar-refractivity contribution < 1.29 is 23.6 Å². The highest BCUT2D eigenvalue weighted by atomic mass is 19.1. The van der Waals surface area contributed by atoms with Crippen LogP contribution in [0, 0.1) is 15.9 Å². The summed E-state index contributed by atoms with van der Waals surface area (Å²) in [4.78, 5) is 21.3. The van der Waals surface area contributed by atoms with Gasteiger partial charge in [0.15, 0.2) is 12.4 Å². The van der Waals surface area contributed by atoms with E-state index in [1.54, 1.807) is 6.07 Å². The summed E-state index contributed by atoms with van der Waals surface area (Å²) < 4.78 is 24.4. The number of carbonyl (C=O) groups excluding carboxylic acids is 1. The Bertz CT molecular complexity index is 672. The molecule has 8 nitrogen and oxygen atoms in total. The van der Waals surface area contributed by atoms with E-state index in [2.05, 4.69) is 9.84 Å². The lowest BCUT2D eigenvalue weighted by Gasteiger charge is -2.08. The van der Waals surface area contributed by atoms with Gasteiger partial charge in [0.25, 0.3) is 0 Å². The maximum atomic E-state index is 14.0. The molecule has 9 heteroatoms. The van der Waals surface area contributed by atoms with Gasteiger partial charge in [-0.1, -0.05) is 0 Å². The molecule has 1 aromatic heterocycles. The van der Waals surface area contributed by atoms with E-state index in [1.165, 1.54) is 12.4 Å². The van der Waals surface area contributed by atoms with Crippen LogP contribution < -0.4 is 4.74 Å². The van der Waals surface area contributed by atoms with Gasteiger partial charge < -0.3 is 9.47 Å². The van der Waals surface area contributed by atoms with Crippen LogP contribution in [-0.4, -0.2) is 34.4 Å². The smallest absolute Gasteiger partial charge is 0.343 e. The lowest BCUT2D eigenvalue weighted by molar-refractivity contribution is -0.385. The minimum Gasteiger partial charge on any atom is -0.475 e. The van der Waals surface area contributed by atoms with Gasteiger partial charge in [-0.25, -0.2) is 13.9 Å². The molecule has 0 aliphatic heterocycles. The first-order valence-electron chi connectivity index (χ1n) is 5.70. The zero-order valence-electron chi connectivity index (χ0n) is 10.9. The second kappa shape index (κ2) is 5.99. The minimum absolute atomic E-state index is 0.0999. The molecule has 0 spiro atoms. The van der Waals surface area contributed by atoms with Crippen LogP contribution in [0.5, 0.6) is 5.75 Å². The molecule has 21 heavy (non-hydrogen) atoms. The topological polar surface area (TPSA) is 96.5 Å². The number of rotatable bonds is 5. The van der Waals surface area contributed by atoms with Gasteiger partial charge in [-0.3, -0.25) is 10.1 Å². The Morgan fingerprint density at radius 1 is 1.52 bits per heavy atom. The quantitative estimate of drug-likeness (QED) is 0.471. The number of ether oxygens (including phenoxy) is 2. The number of methoxy groups -OCH3 is 1. The summed E-state index contributed by atoms with van der Waals surface area (Å²) in [5, 5.41) is 14.8. The SMILES string of the molecule is COC(=O)COc1cc(F)c(-n2cccn2)cc1[N+](=O)[O-]. The minimum atomic E-state index is -0.774. The molecule has 0 N–H and O–H groups in total. The van der Waals surface area contributed by atoms with Gasteiger partial charge in [-0.15, -0.1) is 0 Å². The highest BCUT2D eigenvalue weighted by molar-refractivity contribution is 5.71. The van der Waals surface area contributed by atoms with Crippen molar-refractivity contribution in [3.8, 4) is 11.4 Å². The van der Waals surface area contributed by atoms with Crippen molar-refractivity contribution >= 4 is 11.7 Å². The summed E-state index contributed by atoms with van der Waals surface area (Å²) in [6.45, 7) is -0.558. The number of nitro groups is 1. The molecular weight excluding hydrogens is 285 g/mol. The summed E-state index contributed by atoms with van der Waals surface area (Å²) >= 11 is 0. The second-order valence-corrected chi connectivity index (χ2v) is 3.84. The summed E-state index contributed by atoms with van der Waals surface area (Å²) in [7, 11) is 1.14. The van der Waals surface area contributed by atoms with Crippen LogP contribution >= 0.6 is 0 Å². The molecule has 110 valence electrons. The number of aromatic nitrogens is 2. The van der Waals surface area contributed by atoms with Crippen molar-refractivity contribution in [1.82, 2.24) is 9.78 Å². The van der Waals surface area contributed by atoms with E-state index in [4.69, 9.17) is 4.74 Å². The van der Waals surface area contributed by atoms with Crippen LogP contribution in [0.25, 0.3) is 5.69 Å². The van der Waals surface area contributed by atoms with Gasteiger partial charge in [0.05, 0.1) is 12.0 Å². The van der Waals surface area contributed by atoms with Crippen molar-refractivity contribution in [2.24, 2.45) is 0 Å². The maximum absolute atomic E-state index is 14.0. The van der Waals surface area contributed by atoms with E-state index in [1.807, 2.05) is 0 Å². The van der Waals surface area contributed by atoms with Gasteiger partial charge in [-0.2, -0.15) is 5.10 Å². The van der Waals surface area contributed by atoms with Crippen LogP contribution in [0.2, 0.25) is 0 Å². The Morgan fingerprint density at radius 2 is 2.29 bits per heavy atom. The Balaban J connectivity index is 2.40. The Morgan fingerprint density at radius 3 is 2.86 bits per heavy atom. The molecule has 0 saturated heterocycles. The third kappa shape index (κ3) is 3.14. The van der Waals surface area contributed by atoms with E-state index >= 15 is 0 Å². The molecule has 0 atom stereocenters. The average molecular weight is 295 g/mol. The van der Waals surface area contributed by atoms with Gasteiger partial charge >= 0.3 is 11.7 Å². The van der Waals surface area contributed by atoms with E-state index in [0.717, 1.165) is 23.9 Å². The standard InChI is InChI=1S/C12H10FN3O5/c1-20-12(17)7-21-11-5-8(13)9(6-10(11)16(18)19)15-4-2-3-14-15/h2-6H,7H2,1H3. The van der Waals surface area contributed by atoms with Gasteiger partial charge in [0.2, 0.25) is 5.75 Å². The largest absolute Gasteiger partial charge is 0.475 e. The lowest BCUT2D eigenvalue weighted by Crippen LogP contribution is -2.13. The van der Waals surface area contributed by atoms with Crippen molar-refractivity contribution in [1.29, 1.82) is 0 Å². The number of esters is 1. The molecule has 1 aromatic carbocycles. The number of carbonyl (C=O) groups is 1. The molecule has 0 unspecified atom stereocenters. The predicted molar refractivity (Wildman–Crippen MR) is 67.7 cm³/mol. The summed E-state index contributed by atoms with van der Waals surface area (Å²) in [6, 6.07) is 3.36. The molecule has 0 saturated carbocycles. The van der Waals surface area contributed by atoms with E-state index in [0.29, 0.717) is 0 Å². The fourth-order valence-electron chi connectivity index (χ4n) is 1.57. The van der Waals surface area contributed by atoms with Crippen LogP contribution in [0.4, 0.5) is 10.1 Å². The van der Waals surface area contributed by atoms with Crippen LogP contribution in [0.1, 0.15) is 0 Å². The molecule has 2 aromatic rings. The number of nitro benzene ring substituents is 1. The van der Waals surface area contributed by atoms with Crippen LogP contribution in [-0.2, 0) is 9.53 Å². The average Bonchev–Trinajstić information content (AvgIpc) is 2.98. The van der Waals surface area contributed by atoms with Gasteiger partial charge in [0.1, 0.15) is 5.69 Å². The maximum Gasteiger partial charge on any atom is 0.343 e. The Hall–Kier alpha value is -2.97. The van der Waals surface area contributed by atoms with Crippen molar-refractivity contribution in [3.05, 3.63) is 46.5 Å². The Labute approximate surface area is 117 Å². The first kappa shape index (κ1) is 14.4. The number of hydrogen-bond acceptors (Lipinski definition) is 6. The van der Waals surface area contributed by atoms with Gasteiger partial charge in [0, 0.05) is 24.5 Å². The third-order valence-corrected chi connectivity index (χ3v) is 2.55. The number of benzene rings is 1. The number of halogens is 1. The highest BCUT2D eigenvalue weighted by Crippen LogP contribution is 2.31. The fourth-order valence-corrected chi connectivity index (χ4v) is 1.57.